The van der Waals surface area contributed by atoms with Gasteiger partial charge in [0.25, 0.3) is 0 Å². The first-order valence-corrected chi connectivity index (χ1v) is 5.30. The second-order valence-corrected chi connectivity index (χ2v) is 3.97. The molecule has 0 saturated heterocycles. The molecule has 0 aliphatic heterocycles. The number of nitrogens with one attached hydrogen (secondary N) is 1. The SMILES string of the molecule is Cc1ccccc1/C=C/C(=O)NC1CC1. The number of hydrogen-bond donors (Lipinski definition) is 1. The van der Waals surface area contributed by atoms with Gasteiger partial charge in [-0.1, -0.05) is 24.3 Å². The van der Waals surface area contributed by atoms with Gasteiger partial charge in [-0.2, -0.15) is 0 Å². The Morgan fingerprint density at radius 2 is 2.13 bits per heavy atom. The summed E-state index contributed by atoms with van der Waals surface area (Å²) >= 11 is 0. The van der Waals surface area contributed by atoms with Crippen LogP contribution in [-0.4, -0.2) is 11.9 Å². The van der Waals surface area contributed by atoms with Gasteiger partial charge >= 0.3 is 0 Å². The van der Waals surface area contributed by atoms with Gasteiger partial charge in [-0.3, -0.25) is 4.79 Å². The summed E-state index contributed by atoms with van der Waals surface area (Å²) in [4.78, 5) is 11.4. The third-order valence-corrected chi connectivity index (χ3v) is 2.53. The average molecular weight is 201 g/mol. The van der Waals surface area contributed by atoms with Crippen LogP contribution in [0.5, 0.6) is 0 Å². The van der Waals surface area contributed by atoms with Gasteiger partial charge in [0.1, 0.15) is 0 Å². The molecule has 78 valence electrons. The van der Waals surface area contributed by atoms with E-state index in [-0.39, 0.29) is 5.91 Å². The number of carbonyl (C=O) groups is 1. The van der Waals surface area contributed by atoms with E-state index in [2.05, 4.69) is 5.32 Å². The van der Waals surface area contributed by atoms with E-state index < -0.39 is 0 Å². The Balaban J connectivity index is 1.97. The van der Waals surface area contributed by atoms with E-state index >= 15 is 0 Å². The zero-order valence-electron chi connectivity index (χ0n) is 8.86. The normalized spacial score (nSPS) is 15.5. The second kappa shape index (κ2) is 4.30. The molecule has 15 heavy (non-hydrogen) atoms. The molecule has 2 rings (SSSR count). The third kappa shape index (κ3) is 2.94. The lowest BCUT2D eigenvalue weighted by atomic mass is 10.1. The van der Waals surface area contributed by atoms with Crippen molar-refractivity contribution >= 4 is 12.0 Å². The lowest BCUT2D eigenvalue weighted by molar-refractivity contribution is -0.116. The van der Waals surface area contributed by atoms with E-state index in [1.54, 1.807) is 6.08 Å². The molecule has 1 saturated carbocycles. The summed E-state index contributed by atoms with van der Waals surface area (Å²) in [6.07, 6.45) is 5.74. The molecular weight excluding hydrogens is 186 g/mol. The second-order valence-electron chi connectivity index (χ2n) is 3.97. The number of carbonyl (C=O) groups excluding carboxylic acids is 1. The average Bonchev–Trinajstić information content (AvgIpc) is 3.00. The van der Waals surface area contributed by atoms with Crippen LogP contribution < -0.4 is 5.32 Å². The fourth-order valence-electron chi connectivity index (χ4n) is 1.42. The molecule has 1 amide bonds. The molecule has 1 aliphatic rings. The van der Waals surface area contributed by atoms with Crippen LogP contribution in [0.4, 0.5) is 0 Å². The van der Waals surface area contributed by atoms with Crippen molar-refractivity contribution in [3.8, 4) is 0 Å². The lowest BCUT2D eigenvalue weighted by Crippen LogP contribution is -2.22. The minimum absolute atomic E-state index is 0.0146. The molecule has 0 atom stereocenters. The number of rotatable bonds is 3. The van der Waals surface area contributed by atoms with Crippen LogP contribution in [0, 0.1) is 6.92 Å². The summed E-state index contributed by atoms with van der Waals surface area (Å²) in [5.74, 6) is 0.0146. The number of benzene rings is 1. The van der Waals surface area contributed by atoms with Crippen LogP contribution >= 0.6 is 0 Å². The van der Waals surface area contributed by atoms with Gasteiger partial charge < -0.3 is 5.32 Å². The molecule has 2 nitrogen and oxygen atoms in total. The van der Waals surface area contributed by atoms with E-state index in [1.165, 1.54) is 5.56 Å². The molecule has 1 N–H and O–H groups in total. The van der Waals surface area contributed by atoms with Crippen LogP contribution in [0.15, 0.2) is 30.3 Å². The minimum Gasteiger partial charge on any atom is -0.350 e. The summed E-state index contributed by atoms with van der Waals surface area (Å²) in [6.45, 7) is 2.04. The Morgan fingerprint density at radius 3 is 2.80 bits per heavy atom. The topological polar surface area (TPSA) is 29.1 Å². The zero-order valence-corrected chi connectivity index (χ0v) is 8.86. The molecule has 1 aliphatic carbocycles. The van der Waals surface area contributed by atoms with Crippen LogP contribution in [0.25, 0.3) is 6.08 Å². The molecule has 0 unspecified atom stereocenters. The maximum atomic E-state index is 11.4. The maximum absolute atomic E-state index is 11.4. The van der Waals surface area contributed by atoms with Crippen LogP contribution in [0.2, 0.25) is 0 Å². The van der Waals surface area contributed by atoms with Crippen molar-refractivity contribution in [2.45, 2.75) is 25.8 Å². The van der Waals surface area contributed by atoms with Gasteiger partial charge in [-0.15, -0.1) is 0 Å². The maximum Gasteiger partial charge on any atom is 0.244 e. The van der Waals surface area contributed by atoms with Gasteiger partial charge in [-0.25, -0.2) is 0 Å². The Kier molecular flexibility index (Phi) is 2.86. The van der Waals surface area contributed by atoms with Crippen LogP contribution in [0.1, 0.15) is 24.0 Å². The molecule has 1 aromatic rings. The molecule has 0 spiro atoms. The molecule has 1 fully saturated rings. The quantitative estimate of drug-likeness (QED) is 0.747. The lowest BCUT2D eigenvalue weighted by Gasteiger charge is -1.99. The Labute approximate surface area is 90.0 Å². The van der Waals surface area contributed by atoms with Crippen molar-refractivity contribution in [1.82, 2.24) is 5.32 Å². The number of aryl methyl sites for hydroxylation is 1. The molecule has 0 aromatic heterocycles. The highest BCUT2D eigenvalue weighted by Gasteiger charge is 2.21. The molecule has 0 heterocycles. The fourth-order valence-corrected chi connectivity index (χ4v) is 1.42. The minimum atomic E-state index is 0.0146. The van der Waals surface area contributed by atoms with Gasteiger partial charge in [0, 0.05) is 12.1 Å². The molecule has 0 bridgehead atoms. The summed E-state index contributed by atoms with van der Waals surface area (Å²) in [7, 11) is 0. The molecule has 1 aromatic carbocycles. The highest BCUT2D eigenvalue weighted by atomic mass is 16.1. The molecular formula is C13H15NO. The highest BCUT2D eigenvalue weighted by Crippen LogP contribution is 2.18. The van der Waals surface area contributed by atoms with E-state index in [9.17, 15) is 4.79 Å². The first-order valence-electron chi connectivity index (χ1n) is 5.30. The van der Waals surface area contributed by atoms with E-state index in [4.69, 9.17) is 0 Å². The smallest absolute Gasteiger partial charge is 0.244 e. The number of amides is 1. The summed E-state index contributed by atoms with van der Waals surface area (Å²) in [5.41, 5.74) is 2.29. The highest BCUT2D eigenvalue weighted by molar-refractivity contribution is 5.92. The molecule has 2 heteroatoms. The predicted molar refractivity (Wildman–Crippen MR) is 61.4 cm³/mol. The van der Waals surface area contributed by atoms with Gasteiger partial charge in [0.15, 0.2) is 0 Å². The largest absolute Gasteiger partial charge is 0.350 e. The monoisotopic (exact) mass is 201 g/mol. The predicted octanol–water partition coefficient (Wildman–Crippen LogP) is 2.29. The Morgan fingerprint density at radius 1 is 1.40 bits per heavy atom. The van der Waals surface area contributed by atoms with E-state index in [0.29, 0.717) is 6.04 Å². The van der Waals surface area contributed by atoms with Crippen LogP contribution in [0.3, 0.4) is 0 Å². The van der Waals surface area contributed by atoms with Crippen molar-refractivity contribution < 1.29 is 4.79 Å². The van der Waals surface area contributed by atoms with Crippen molar-refractivity contribution in [3.05, 3.63) is 41.5 Å². The molecule has 0 radical (unpaired) electrons. The van der Waals surface area contributed by atoms with Crippen molar-refractivity contribution in [2.75, 3.05) is 0 Å². The summed E-state index contributed by atoms with van der Waals surface area (Å²) in [6, 6.07) is 8.45. The standard InChI is InChI=1S/C13H15NO/c1-10-4-2-3-5-11(10)6-9-13(15)14-12-7-8-12/h2-6,9,12H,7-8H2,1H3,(H,14,15)/b9-6+. The van der Waals surface area contributed by atoms with E-state index in [1.807, 2.05) is 37.3 Å². The Bertz CT molecular complexity index is 391. The zero-order chi connectivity index (χ0) is 10.7. The third-order valence-electron chi connectivity index (χ3n) is 2.53. The van der Waals surface area contributed by atoms with Gasteiger partial charge in [0.05, 0.1) is 0 Å². The number of hydrogen-bond acceptors (Lipinski definition) is 1. The van der Waals surface area contributed by atoms with Gasteiger partial charge in [-0.05, 0) is 37.0 Å². The van der Waals surface area contributed by atoms with Gasteiger partial charge in [0.2, 0.25) is 5.91 Å². The van der Waals surface area contributed by atoms with Crippen molar-refractivity contribution in [3.63, 3.8) is 0 Å². The first-order chi connectivity index (χ1) is 7.25. The summed E-state index contributed by atoms with van der Waals surface area (Å²) < 4.78 is 0. The Hall–Kier alpha value is -1.57. The van der Waals surface area contributed by atoms with Crippen molar-refractivity contribution in [1.29, 1.82) is 0 Å². The van der Waals surface area contributed by atoms with E-state index in [0.717, 1.165) is 18.4 Å². The summed E-state index contributed by atoms with van der Waals surface area (Å²) in [5, 5.41) is 2.92. The fraction of sp³-hybridized carbons (Fsp3) is 0.308. The van der Waals surface area contributed by atoms with Crippen molar-refractivity contribution in [2.24, 2.45) is 0 Å². The first kappa shape index (κ1) is 9.97. The van der Waals surface area contributed by atoms with Crippen LogP contribution in [-0.2, 0) is 4.79 Å².